The molecular weight excluding hydrogens is 266 g/mol. The van der Waals surface area contributed by atoms with Crippen LogP contribution in [0.2, 0.25) is 0 Å². The Kier molecular flexibility index (Phi) is 7.94. The van der Waals surface area contributed by atoms with Gasteiger partial charge in [-0.05, 0) is 25.0 Å². The molecule has 0 bridgehead atoms. The molecule has 2 nitrogen and oxygen atoms in total. The van der Waals surface area contributed by atoms with Crippen LogP contribution in [0.3, 0.4) is 0 Å². The number of rotatable bonds is 8. The SMILES string of the molecule is CN(CCCCCCl)C(=O)CSc1ccccc1. The lowest BCUT2D eigenvalue weighted by atomic mass is 10.2. The first kappa shape index (κ1) is 15.4. The van der Waals surface area contributed by atoms with Crippen LogP contribution in [0.1, 0.15) is 19.3 Å². The van der Waals surface area contributed by atoms with Gasteiger partial charge in [0, 0.05) is 24.4 Å². The van der Waals surface area contributed by atoms with Gasteiger partial charge in [-0.1, -0.05) is 24.6 Å². The molecule has 1 rings (SSSR count). The Morgan fingerprint density at radius 1 is 1.22 bits per heavy atom. The molecule has 0 aliphatic rings. The van der Waals surface area contributed by atoms with Crippen molar-refractivity contribution in [2.45, 2.75) is 24.2 Å². The maximum absolute atomic E-state index is 11.9. The van der Waals surface area contributed by atoms with Crippen molar-refractivity contribution < 1.29 is 4.79 Å². The number of halogens is 1. The molecule has 0 spiro atoms. The Bertz CT molecular complexity index is 345. The van der Waals surface area contributed by atoms with Crippen molar-refractivity contribution in [1.29, 1.82) is 0 Å². The van der Waals surface area contributed by atoms with Crippen LogP contribution in [0.15, 0.2) is 35.2 Å². The third-order valence-electron chi connectivity index (χ3n) is 2.66. The molecule has 0 unspecified atom stereocenters. The smallest absolute Gasteiger partial charge is 0.232 e. The lowest BCUT2D eigenvalue weighted by molar-refractivity contribution is -0.127. The fourth-order valence-corrected chi connectivity index (χ4v) is 2.57. The monoisotopic (exact) mass is 285 g/mol. The largest absolute Gasteiger partial charge is 0.345 e. The summed E-state index contributed by atoms with van der Waals surface area (Å²) in [7, 11) is 1.87. The molecule has 0 N–H and O–H groups in total. The van der Waals surface area contributed by atoms with Crippen molar-refractivity contribution in [2.24, 2.45) is 0 Å². The Morgan fingerprint density at radius 2 is 1.94 bits per heavy atom. The molecule has 0 aliphatic carbocycles. The van der Waals surface area contributed by atoms with Crippen LogP contribution in [0.5, 0.6) is 0 Å². The first-order valence-corrected chi connectivity index (χ1v) is 7.74. The Hall–Kier alpha value is -0.670. The highest BCUT2D eigenvalue weighted by Crippen LogP contribution is 2.17. The molecule has 1 aromatic carbocycles. The second kappa shape index (κ2) is 9.29. The summed E-state index contributed by atoms with van der Waals surface area (Å²) < 4.78 is 0. The standard InChI is InChI=1S/C14H20ClNOS/c1-16(11-7-3-6-10-15)14(17)12-18-13-8-4-2-5-9-13/h2,4-5,8-9H,3,6-7,10-12H2,1H3. The van der Waals surface area contributed by atoms with E-state index in [0.29, 0.717) is 11.6 Å². The fraction of sp³-hybridized carbons (Fsp3) is 0.500. The number of unbranched alkanes of at least 4 members (excludes halogenated alkanes) is 2. The van der Waals surface area contributed by atoms with Crippen LogP contribution in [0, 0.1) is 0 Å². The van der Waals surface area contributed by atoms with Gasteiger partial charge in [-0.2, -0.15) is 0 Å². The summed E-state index contributed by atoms with van der Waals surface area (Å²) in [5.41, 5.74) is 0. The summed E-state index contributed by atoms with van der Waals surface area (Å²) in [6.45, 7) is 0.824. The molecule has 0 saturated heterocycles. The molecule has 1 aromatic rings. The van der Waals surface area contributed by atoms with E-state index in [0.717, 1.165) is 30.7 Å². The van der Waals surface area contributed by atoms with Crippen molar-refractivity contribution in [3.8, 4) is 0 Å². The number of amides is 1. The highest BCUT2D eigenvalue weighted by atomic mass is 35.5. The number of carbonyl (C=O) groups is 1. The first-order valence-electron chi connectivity index (χ1n) is 6.22. The van der Waals surface area contributed by atoms with Crippen molar-refractivity contribution in [3.05, 3.63) is 30.3 Å². The number of thioether (sulfide) groups is 1. The van der Waals surface area contributed by atoms with Gasteiger partial charge in [0.2, 0.25) is 5.91 Å². The van der Waals surface area contributed by atoms with E-state index in [1.807, 2.05) is 42.3 Å². The van der Waals surface area contributed by atoms with Gasteiger partial charge >= 0.3 is 0 Å². The zero-order valence-electron chi connectivity index (χ0n) is 10.8. The van der Waals surface area contributed by atoms with Crippen molar-refractivity contribution in [1.82, 2.24) is 4.90 Å². The summed E-state index contributed by atoms with van der Waals surface area (Å²) in [4.78, 5) is 14.8. The average molecular weight is 286 g/mol. The molecular formula is C14H20ClNOS. The van der Waals surface area contributed by atoms with E-state index in [1.54, 1.807) is 11.8 Å². The Morgan fingerprint density at radius 3 is 2.61 bits per heavy atom. The number of alkyl halides is 1. The summed E-state index contributed by atoms with van der Waals surface area (Å²) in [5, 5.41) is 0. The average Bonchev–Trinajstić information content (AvgIpc) is 2.42. The summed E-state index contributed by atoms with van der Waals surface area (Å²) in [6.07, 6.45) is 3.15. The lowest BCUT2D eigenvalue weighted by Crippen LogP contribution is -2.29. The number of nitrogens with zero attached hydrogens (tertiary/aromatic N) is 1. The van der Waals surface area contributed by atoms with Crippen LogP contribution in [0.4, 0.5) is 0 Å². The molecule has 0 saturated carbocycles. The second-order valence-electron chi connectivity index (χ2n) is 4.17. The third-order valence-corrected chi connectivity index (χ3v) is 3.92. The van der Waals surface area contributed by atoms with E-state index in [-0.39, 0.29) is 5.91 Å². The molecule has 0 heterocycles. The first-order chi connectivity index (χ1) is 8.74. The van der Waals surface area contributed by atoms with Crippen LogP contribution in [-0.2, 0) is 4.79 Å². The zero-order valence-corrected chi connectivity index (χ0v) is 12.3. The molecule has 100 valence electrons. The van der Waals surface area contributed by atoms with E-state index < -0.39 is 0 Å². The van der Waals surface area contributed by atoms with Crippen LogP contribution >= 0.6 is 23.4 Å². The normalized spacial score (nSPS) is 10.3. The fourth-order valence-electron chi connectivity index (χ4n) is 1.52. The summed E-state index contributed by atoms with van der Waals surface area (Å²) in [5.74, 6) is 1.41. The number of benzene rings is 1. The van der Waals surface area contributed by atoms with Crippen molar-refractivity contribution >= 4 is 29.3 Å². The van der Waals surface area contributed by atoms with Gasteiger partial charge in [-0.15, -0.1) is 23.4 Å². The molecule has 18 heavy (non-hydrogen) atoms. The van der Waals surface area contributed by atoms with E-state index in [4.69, 9.17) is 11.6 Å². The molecule has 1 amide bonds. The maximum atomic E-state index is 11.9. The van der Waals surface area contributed by atoms with Crippen LogP contribution in [-0.4, -0.2) is 36.0 Å². The minimum Gasteiger partial charge on any atom is -0.345 e. The van der Waals surface area contributed by atoms with Gasteiger partial charge in [0.1, 0.15) is 0 Å². The van der Waals surface area contributed by atoms with E-state index >= 15 is 0 Å². The van der Waals surface area contributed by atoms with Crippen molar-refractivity contribution in [3.63, 3.8) is 0 Å². The summed E-state index contributed by atoms with van der Waals surface area (Å²) >= 11 is 7.20. The predicted octanol–water partition coefficient (Wildman–Crippen LogP) is 3.65. The molecule has 0 aromatic heterocycles. The Balaban J connectivity index is 2.19. The molecule has 4 heteroatoms. The van der Waals surface area contributed by atoms with Gasteiger partial charge in [0.05, 0.1) is 5.75 Å². The lowest BCUT2D eigenvalue weighted by Gasteiger charge is -2.16. The molecule has 0 fully saturated rings. The maximum Gasteiger partial charge on any atom is 0.232 e. The molecule has 0 atom stereocenters. The van der Waals surface area contributed by atoms with Crippen molar-refractivity contribution in [2.75, 3.05) is 25.2 Å². The number of hydrogen-bond acceptors (Lipinski definition) is 2. The zero-order chi connectivity index (χ0) is 13.2. The van der Waals surface area contributed by atoms with Gasteiger partial charge in [-0.3, -0.25) is 4.79 Å². The van der Waals surface area contributed by atoms with E-state index in [2.05, 4.69) is 0 Å². The van der Waals surface area contributed by atoms with E-state index in [9.17, 15) is 4.79 Å². The molecule has 0 radical (unpaired) electrons. The highest BCUT2D eigenvalue weighted by molar-refractivity contribution is 8.00. The van der Waals surface area contributed by atoms with Gasteiger partial charge in [0.25, 0.3) is 0 Å². The Labute approximate surface area is 119 Å². The minimum absolute atomic E-state index is 0.190. The predicted molar refractivity (Wildman–Crippen MR) is 79.4 cm³/mol. The highest BCUT2D eigenvalue weighted by Gasteiger charge is 2.08. The van der Waals surface area contributed by atoms with Gasteiger partial charge in [-0.25, -0.2) is 0 Å². The quantitative estimate of drug-likeness (QED) is 0.413. The van der Waals surface area contributed by atoms with Crippen LogP contribution < -0.4 is 0 Å². The van der Waals surface area contributed by atoms with Gasteiger partial charge in [0.15, 0.2) is 0 Å². The number of hydrogen-bond donors (Lipinski definition) is 0. The third kappa shape index (κ3) is 6.31. The van der Waals surface area contributed by atoms with E-state index in [1.165, 1.54) is 0 Å². The second-order valence-corrected chi connectivity index (χ2v) is 5.59. The summed E-state index contributed by atoms with van der Waals surface area (Å²) in [6, 6.07) is 10.0. The number of carbonyl (C=O) groups excluding carboxylic acids is 1. The minimum atomic E-state index is 0.190. The topological polar surface area (TPSA) is 20.3 Å². The van der Waals surface area contributed by atoms with Gasteiger partial charge < -0.3 is 4.90 Å². The molecule has 0 aliphatic heterocycles. The van der Waals surface area contributed by atoms with Crippen LogP contribution in [0.25, 0.3) is 0 Å².